The zero-order valence-corrected chi connectivity index (χ0v) is 13.8. The van der Waals surface area contributed by atoms with Crippen LogP contribution in [0, 0.1) is 0 Å². The van der Waals surface area contributed by atoms with Crippen LogP contribution in [0.5, 0.6) is 0 Å². The summed E-state index contributed by atoms with van der Waals surface area (Å²) in [5, 5.41) is 4.86. The number of hydrazine groups is 1. The minimum absolute atomic E-state index is 0.0927. The van der Waals surface area contributed by atoms with Crippen molar-refractivity contribution in [2.24, 2.45) is 0 Å². The highest BCUT2D eigenvalue weighted by molar-refractivity contribution is 6.04. The van der Waals surface area contributed by atoms with Crippen molar-refractivity contribution in [3.63, 3.8) is 0 Å². The summed E-state index contributed by atoms with van der Waals surface area (Å²) in [6.45, 7) is 2.09. The molecule has 0 spiro atoms. The molecule has 0 radical (unpaired) electrons. The smallest absolute Gasteiger partial charge is 0.255 e. The normalized spacial score (nSPS) is 11.2. The van der Waals surface area contributed by atoms with Gasteiger partial charge in [-0.25, -0.2) is 5.43 Å². The van der Waals surface area contributed by atoms with Gasteiger partial charge < -0.3 is 10.3 Å². The highest BCUT2D eigenvalue weighted by Gasteiger charge is 2.05. The Morgan fingerprint density at radius 1 is 1.13 bits per heavy atom. The molecule has 0 heterocycles. The van der Waals surface area contributed by atoms with Crippen molar-refractivity contribution >= 4 is 11.6 Å². The van der Waals surface area contributed by atoms with E-state index in [0.717, 1.165) is 17.7 Å². The topological polar surface area (TPSA) is 44.4 Å². The molecule has 0 bridgehead atoms. The Labute approximate surface area is 137 Å². The van der Waals surface area contributed by atoms with Crippen molar-refractivity contribution in [3.8, 4) is 0 Å². The van der Waals surface area contributed by atoms with Crippen LogP contribution in [0.3, 0.4) is 0 Å². The van der Waals surface area contributed by atoms with Gasteiger partial charge in [0.15, 0.2) is 0 Å². The van der Waals surface area contributed by atoms with Crippen LogP contribution in [0.15, 0.2) is 66.4 Å². The van der Waals surface area contributed by atoms with Crippen molar-refractivity contribution in [1.29, 1.82) is 0 Å². The molecule has 0 unspecified atom stereocenters. The number of hydrogen-bond donors (Lipinski definition) is 2. The number of rotatable bonds is 6. The fraction of sp³-hybridized carbons (Fsp3) is 0.211. The Balaban J connectivity index is 2.05. The van der Waals surface area contributed by atoms with Crippen LogP contribution in [-0.2, 0) is 6.42 Å². The number of allylic oxidation sites excluding steroid dienone is 1. The minimum atomic E-state index is -0.0927. The maximum Gasteiger partial charge on any atom is 0.255 e. The molecule has 0 fully saturated rings. The molecular formula is C19H23N3O. The van der Waals surface area contributed by atoms with Crippen molar-refractivity contribution in [2.45, 2.75) is 13.3 Å². The van der Waals surface area contributed by atoms with Crippen LogP contribution >= 0.6 is 0 Å². The van der Waals surface area contributed by atoms with Crippen LogP contribution < -0.4 is 10.7 Å². The Bertz CT molecular complexity index is 680. The SMILES string of the molecule is CNN(C)/C=C(/C)Cc1cccc(NC(=O)c2ccccc2)c1. The van der Waals surface area contributed by atoms with Crippen molar-refractivity contribution < 1.29 is 4.79 Å². The largest absolute Gasteiger partial charge is 0.322 e. The first-order valence-electron chi connectivity index (χ1n) is 7.61. The summed E-state index contributed by atoms with van der Waals surface area (Å²) in [5.74, 6) is -0.0927. The van der Waals surface area contributed by atoms with E-state index < -0.39 is 0 Å². The quantitative estimate of drug-likeness (QED) is 0.803. The summed E-state index contributed by atoms with van der Waals surface area (Å²) >= 11 is 0. The van der Waals surface area contributed by atoms with Crippen LogP contribution in [0.25, 0.3) is 0 Å². The van der Waals surface area contributed by atoms with E-state index in [1.807, 2.05) is 55.5 Å². The standard InChI is InChI=1S/C19H23N3O/c1-15(14-22(3)20-2)12-16-8-7-11-18(13-16)21-19(23)17-9-5-4-6-10-17/h4-11,13-14,20H,12H2,1-3H3,(H,21,23)/b15-14-. The molecule has 0 aromatic heterocycles. The van der Waals surface area contributed by atoms with Gasteiger partial charge in [-0.3, -0.25) is 4.79 Å². The molecule has 1 amide bonds. The van der Waals surface area contributed by atoms with Gasteiger partial charge >= 0.3 is 0 Å². The zero-order chi connectivity index (χ0) is 16.7. The first kappa shape index (κ1) is 16.8. The maximum absolute atomic E-state index is 12.2. The highest BCUT2D eigenvalue weighted by Crippen LogP contribution is 2.15. The predicted octanol–water partition coefficient (Wildman–Crippen LogP) is 3.45. The van der Waals surface area contributed by atoms with Gasteiger partial charge in [0.05, 0.1) is 0 Å². The molecule has 0 aliphatic rings. The van der Waals surface area contributed by atoms with Gasteiger partial charge in [-0.1, -0.05) is 35.9 Å². The maximum atomic E-state index is 12.2. The number of amides is 1. The Morgan fingerprint density at radius 3 is 2.57 bits per heavy atom. The zero-order valence-electron chi connectivity index (χ0n) is 13.8. The Kier molecular flexibility index (Phi) is 5.94. The fourth-order valence-corrected chi connectivity index (χ4v) is 2.31. The fourth-order valence-electron chi connectivity index (χ4n) is 2.31. The Morgan fingerprint density at radius 2 is 1.87 bits per heavy atom. The number of carbonyl (C=O) groups is 1. The second kappa shape index (κ2) is 8.15. The average Bonchev–Trinajstić information content (AvgIpc) is 2.55. The third-order valence-corrected chi connectivity index (χ3v) is 3.47. The molecule has 0 aliphatic carbocycles. The lowest BCUT2D eigenvalue weighted by Crippen LogP contribution is -2.25. The van der Waals surface area contributed by atoms with Gasteiger partial charge in [-0.2, -0.15) is 0 Å². The molecule has 120 valence electrons. The van der Waals surface area contributed by atoms with E-state index in [4.69, 9.17) is 0 Å². The average molecular weight is 309 g/mol. The predicted molar refractivity (Wildman–Crippen MR) is 95.1 cm³/mol. The van der Waals surface area contributed by atoms with Gasteiger partial charge in [0.1, 0.15) is 0 Å². The summed E-state index contributed by atoms with van der Waals surface area (Å²) in [5.41, 5.74) is 6.90. The van der Waals surface area contributed by atoms with Crippen molar-refractivity contribution in [3.05, 3.63) is 77.5 Å². The number of nitrogens with one attached hydrogen (secondary N) is 2. The molecule has 2 rings (SSSR count). The summed E-state index contributed by atoms with van der Waals surface area (Å²) in [7, 11) is 3.84. The molecule has 23 heavy (non-hydrogen) atoms. The monoisotopic (exact) mass is 309 g/mol. The van der Waals surface area contributed by atoms with Gasteiger partial charge in [0.25, 0.3) is 5.91 Å². The number of carbonyl (C=O) groups excluding carboxylic acids is 1. The molecule has 0 atom stereocenters. The van der Waals surface area contributed by atoms with E-state index >= 15 is 0 Å². The number of anilines is 1. The molecule has 4 heteroatoms. The van der Waals surface area contributed by atoms with E-state index in [1.165, 1.54) is 5.57 Å². The van der Waals surface area contributed by atoms with E-state index in [2.05, 4.69) is 29.9 Å². The molecular weight excluding hydrogens is 286 g/mol. The van der Waals surface area contributed by atoms with Crippen LogP contribution in [0.2, 0.25) is 0 Å². The molecule has 0 saturated heterocycles. The van der Waals surface area contributed by atoms with Crippen LogP contribution in [-0.4, -0.2) is 25.0 Å². The van der Waals surface area contributed by atoms with Gasteiger partial charge in [-0.05, 0) is 43.2 Å². The first-order valence-corrected chi connectivity index (χ1v) is 7.61. The van der Waals surface area contributed by atoms with E-state index in [0.29, 0.717) is 5.56 Å². The van der Waals surface area contributed by atoms with Crippen LogP contribution in [0.4, 0.5) is 5.69 Å². The molecule has 0 aliphatic heterocycles. The van der Waals surface area contributed by atoms with E-state index in [-0.39, 0.29) is 5.91 Å². The second-order valence-electron chi connectivity index (χ2n) is 5.51. The van der Waals surface area contributed by atoms with Crippen LogP contribution in [0.1, 0.15) is 22.8 Å². The highest BCUT2D eigenvalue weighted by atomic mass is 16.1. The number of benzene rings is 2. The lowest BCUT2D eigenvalue weighted by molar-refractivity contribution is 0.102. The van der Waals surface area contributed by atoms with Gasteiger partial charge in [0.2, 0.25) is 0 Å². The van der Waals surface area contributed by atoms with E-state index in [1.54, 1.807) is 12.1 Å². The van der Waals surface area contributed by atoms with Crippen molar-refractivity contribution in [2.75, 3.05) is 19.4 Å². The third-order valence-electron chi connectivity index (χ3n) is 3.47. The summed E-state index contributed by atoms with van der Waals surface area (Å²) in [4.78, 5) is 12.2. The molecule has 2 aromatic rings. The summed E-state index contributed by atoms with van der Waals surface area (Å²) in [6, 6.07) is 17.2. The molecule has 2 N–H and O–H groups in total. The lowest BCUT2D eigenvalue weighted by Gasteiger charge is -2.14. The summed E-state index contributed by atoms with van der Waals surface area (Å²) < 4.78 is 0. The first-order chi connectivity index (χ1) is 11.1. The van der Waals surface area contributed by atoms with Crippen molar-refractivity contribution in [1.82, 2.24) is 10.4 Å². The number of nitrogens with zero attached hydrogens (tertiary/aromatic N) is 1. The minimum Gasteiger partial charge on any atom is -0.322 e. The molecule has 2 aromatic carbocycles. The second-order valence-corrected chi connectivity index (χ2v) is 5.51. The molecule has 4 nitrogen and oxygen atoms in total. The summed E-state index contributed by atoms with van der Waals surface area (Å²) in [6.07, 6.45) is 2.89. The van der Waals surface area contributed by atoms with Gasteiger partial charge in [0, 0.05) is 31.5 Å². The number of hydrogen-bond acceptors (Lipinski definition) is 3. The van der Waals surface area contributed by atoms with Gasteiger partial charge in [-0.15, -0.1) is 0 Å². The third kappa shape index (κ3) is 5.27. The molecule has 0 saturated carbocycles. The lowest BCUT2D eigenvalue weighted by atomic mass is 10.1. The Hall–Kier alpha value is -2.59. The van der Waals surface area contributed by atoms with E-state index in [9.17, 15) is 4.79 Å².